The second-order valence-corrected chi connectivity index (χ2v) is 10.4. The summed E-state index contributed by atoms with van der Waals surface area (Å²) in [7, 11) is 1.34. The topological polar surface area (TPSA) is 95.3 Å². The molecule has 0 unspecified atom stereocenters. The number of thiophene rings is 1. The summed E-state index contributed by atoms with van der Waals surface area (Å²) in [6, 6.07) is 4.96. The Kier molecular flexibility index (Phi) is 8.38. The average Bonchev–Trinajstić information content (AvgIpc) is 3.53. The molecular formula is C23H22Cl2N4O4S2. The highest BCUT2D eigenvalue weighted by Gasteiger charge is 2.28. The van der Waals surface area contributed by atoms with Crippen molar-refractivity contribution in [1.29, 1.82) is 0 Å². The molecule has 0 spiro atoms. The Balaban J connectivity index is 1.42. The number of esters is 1. The number of nitrogens with one attached hydrogen (secondary N) is 1. The first kappa shape index (κ1) is 25.6. The Labute approximate surface area is 220 Å². The van der Waals surface area contributed by atoms with Crippen molar-refractivity contribution < 1.29 is 19.1 Å². The van der Waals surface area contributed by atoms with E-state index in [1.54, 1.807) is 24.3 Å². The predicted molar refractivity (Wildman–Crippen MR) is 138 cm³/mol. The number of aryl methyl sites for hydroxylation is 1. The van der Waals surface area contributed by atoms with Crippen molar-refractivity contribution in [1.82, 2.24) is 14.8 Å². The number of amides is 1. The molecule has 0 saturated heterocycles. The molecule has 35 heavy (non-hydrogen) atoms. The SMILES string of the molecule is C=CCn1c(COc2cc(Cl)ccc2Cl)nnc1SCC(=O)Nc1sc2c(c1C(=O)OC)CCC2. The van der Waals surface area contributed by atoms with Gasteiger partial charge in [-0.15, -0.1) is 28.1 Å². The Bertz CT molecular complexity index is 1270. The number of halogens is 2. The zero-order valence-corrected chi connectivity index (χ0v) is 22.0. The zero-order valence-electron chi connectivity index (χ0n) is 18.8. The summed E-state index contributed by atoms with van der Waals surface area (Å²) < 4.78 is 12.5. The van der Waals surface area contributed by atoms with Crippen LogP contribution >= 0.6 is 46.3 Å². The first-order valence-corrected chi connectivity index (χ1v) is 13.2. The molecule has 3 aromatic rings. The number of aromatic nitrogens is 3. The quantitative estimate of drug-likeness (QED) is 0.204. The molecule has 0 atom stereocenters. The van der Waals surface area contributed by atoms with Gasteiger partial charge in [0.15, 0.2) is 11.0 Å². The predicted octanol–water partition coefficient (Wildman–Crippen LogP) is 5.42. The van der Waals surface area contributed by atoms with Crippen molar-refractivity contribution in [2.24, 2.45) is 0 Å². The Morgan fingerprint density at radius 1 is 1.31 bits per heavy atom. The lowest BCUT2D eigenvalue weighted by atomic mass is 10.1. The van der Waals surface area contributed by atoms with E-state index in [0.717, 1.165) is 29.7 Å². The third-order valence-electron chi connectivity index (χ3n) is 5.25. The van der Waals surface area contributed by atoms with Crippen LogP contribution in [0.1, 0.15) is 33.0 Å². The van der Waals surface area contributed by atoms with Crippen LogP contribution in [0.4, 0.5) is 5.00 Å². The van der Waals surface area contributed by atoms with Gasteiger partial charge < -0.3 is 14.8 Å². The smallest absolute Gasteiger partial charge is 0.341 e. The molecule has 12 heteroatoms. The number of ether oxygens (including phenoxy) is 2. The Hall–Kier alpha value is -2.53. The minimum atomic E-state index is -0.428. The number of hydrogen-bond acceptors (Lipinski definition) is 8. The van der Waals surface area contributed by atoms with Crippen LogP contribution in [0.15, 0.2) is 36.0 Å². The summed E-state index contributed by atoms with van der Waals surface area (Å²) >= 11 is 14.9. The van der Waals surface area contributed by atoms with Crippen molar-refractivity contribution in [2.45, 2.75) is 37.6 Å². The fourth-order valence-corrected chi connectivity index (χ4v) is 6.07. The van der Waals surface area contributed by atoms with Gasteiger partial charge in [-0.25, -0.2) is 4.79 Å². The van der Waals surface area contributed by atoms with Crippen LogP contribution in [0.25, 0.3) is 0 Å². The molecule has 2 heterocycles. The number of nitrogens with zero attached hydrogens (tertiary/aromatic N) is 3. The molecule has 0 saturated carbocycles. The summed E-state index contributed by atoms with van der Waals surface area (Å²) in [6.07, 6.45) is 4.43. The first-order chi connectivity index (χ1) is 16.9. The van der Waals surface area contributed by atoms with Crippen LogP contribution in [0, 0.1) is 0 Å². The first-order valence-electron chi connectivity index (χ1n) is 10.7. The number of allylic oxidation sites excluding steroid dienone is 1. The third kappa shape index (κ3) is 5.83. The molecule has 1 aliphatic carbocycles. The minimum absolute atomic E-state index is 0.0828. The van der Waals surface area contributed by atoms with E-state index in [2.05, 4.69) is 22.1 Å². The van der Waals surface area contributed by atoms with Crippen LogP contribution in [-0.4, -0.2) is 39.5 Å². The van der Waals surface area contributed by atoms with Crippen molar-refractivity contribution in [2.75, 3.05) is 18.2 Å². The average molecular weight is 553 g/mol. The van der Waals surface area contributed by atoms with Crippen LogP contribution in [0.5, 0.6) is 5.75 Å². The second kappa shape index (κ2) is 11.5. The lowest BCUT2D eigenvalue weighted by Gasteiger charge is -2.10. The molecule has 1 N–H and O–H groups in total. The van der Waals surface area contributed by atoms with E-state index < -0.39 is 5.97 Å². The van der Waals surface area contributed by atoms with Gasteiger partial charge in [-0.05, 0) is 37.0 Å². The number of hydrogen-bond donors (Lipinski definition) is 1. The van der Waals surface area contributed by atoms with E-state index in [1.165, 1.54) is 30.2 Å². The number of carbonyl (C=O) groups is 2. The molecule has 0 bridgehead atoms. The molecule has 0 radical (unpaired) electrons. The number of fused-ring (bicyclic) bond motifs is 1. The number of methoxy groups -OCH3 is 1. The summed E-state index contributed by atoms with van der Waals surface area (Å²) in [6.45, 7) is 4.33. The summed E-state index contributed by atoms with van der Waals surface area (Å²) in [5.41, 5.74) is 1.46. The van der Waals surface area contributed by atoms with E-state index in [9.17, 15) is 9.59 Å². The van der Waals surface area contributed by atoms with Crippen molar-refractivity contribution >= 4 is 63.2 Å². The van der Waals surface area contributed by atoms with E-state index in [0.29, 0.717) is 43.9 Å². The molecule has 0 aliphatic heterocycles. The van der Waals surface area contributed by atoms with Gasteiger partial charge in [-0.1, -0.05) is 41.0 Å². The molecule has 1 amide bonds. The van der Waals surface area contributed by atoms with Gasteiger partial charge in [0.25, 0.3) is 0 Å². The normalized spacial score (nSPS) is 12.3. The molecule has 1 aromatic carbocycles. The van der Waals surface area contributed by atoms with Crippen LogP contribution in [0.3, 0.4) is 0 Å². The van der Waals surface area contributed by atoms with Crippen LogP contribution in [0.2, 0.25) is 10.0 Å². The number of carbonyl (C=O) groups excluding carboxylic acids is 2. The third-order valence-corrected chi connectivity index (χ3v) is 7.97. The van der Waals surface area contributed by atoms with Gasteiger partial charge in [-0.2, -0.15) is 0 Å². The van der Waals surface area contributed by atoms with E-state index >= 15 is 0 Å². The van der Waals surface area contributed by atoms with E-state index in [-0.39, 0.29) is 18.3 Å². The van der Waals surface area contributed by atoms with Gasteiger partial charge in [-0.3, -0.25) is 9.36 Å². The Morgan fingerprint density at radius 3 is 2.91 bits per heavy atom. The number of anilines is 1. The maximum absolute atomic E-state index is 12.7. The van der Waals surface area contributed by atoms with E-state index in [1.807, 2.05) is 4.57 Å². The highest BCUT2D eigenvalue weighted by Crippen LogP contribution is 2.39. The number of rotatable bonds is 10. The second-order valence-electron chi connectivity index (χ2n) is 7.55. The number of thioether (sulfide) groups is 1. The highest BCUT2D eigenvalue weighted by molar-refractivity contribution is 7.99. The summed E-state index contributed by atoms with van der Waals surface area (Å²) in [5, 5.41) is 13.3. The monoisotopic (exact) mass is 552 g/mol. The highest BCUT2D eigenvalue weighted by atomic mass is 35.5. The molecule has 2 aromatic heterocycles. The number of benzene rings is 1. The van der Waals surface area contributed by atoms with E-state index in [4.69, 9.17) is 32.7 Å². The maximum Gasteiger partial charge on any atom is 0.341 e. The Morgan fingerprint density at radius 2 is 2.14 bits per heavy atom. The fourth-order valence-electron chi connectivity index (χ4n) is 3.68. The molecule has 4 rings (SSSR count). The lowest BCUT2D eigenvalue weighted by Crippen LogP contribution is -2.17. The minimum Gasteiger partial charge on any atom is -0.484 e. The summed E-state index contributed by atoms with van der Waals surface area (Å²) in [5.74, 6) is 0.385. The molecule has 184 valence electrons. The van der Waals surface area contributed by atoms with Crippen molar-refractivity contribution in [3.63, 3.8) is 0 Å². The largest absolute Gasteiger partial charge is 0.484 e. The lowest BCUT2D eigenvalue weighted by molar-refractivity contribution is -0.113. The van der Waals surface area contributed by atoms with Gasteiger partial charge >= 0.3 is 5.97 Å². The molecule has 0 fully saturated rings. The van der Waals surface area contributed by atoms with Crippen molar-refractivity contribution in [3.8, 4) is 5.75 Å². The van der Waals surface area contributed by atoms with Gasteiger partial charge in [0.1, 0.15) is 17.4 Å². The fraction of sp³-hybridized carbons (Fsp3) is 0.304. The van der Waals surface area contributed by atoms with Crippen molar-refractivity contribution in [3.05, 3.63) is 62.7 Å². The van der Waals surface area contributed by atoms with Crippen LogP contribution in [-0.2, 0) is 35.5 Å². The summed E-state index contributed by atoms with van der Waals surface area (Å²) in [4.78, 5) is 26.2. The molecular weight excluding hydrogens is 531 g/mol. The molecule has 1 aliphatic rings. The standard InChI is InChI=1S/C23H22Cl2N4O4S2/c1-3-9-29-18(11-33-16-10-13(24)7-8-15(16)25)27-28-23(29)34-12-19(30)26-21-20(22(31)32-2)14-5-4-6-17(14)35-21/h3,7-8,10H,1,4-6,9,11-12H2,2H3,(H,26,30). The van der Waals surface area contributed by atoms with Gasteiger partial charge in [0.2, 0.25) is 5.91 Å². The van der Waals surface area contributed by atoms with Gasteiger partial charge in [0.05, 0.1) is 23.4 Å². The molecule has 8 nitrogen and oxygen atoms in total. The van der Waals surface area contributed by atoms with Crippen LogP contribution < -0.4 is 10.1 Å². The maximum atomic E-state index is 12.7. The van der Waals surface area contributed by atoms with Gasteiger partial charge in [0, 0.05) is 22.5 Å². The zero-order chi connectivity index (χ0) is 24.9.